The van der Waals surface area contributed by atoms with Gasteiger partial charge in [-0.15, -0.1) is 0 Å². The third-order valence-corrected chi connectivity index (χ3v) is 3.87. The van der Waals surface area contributed by atoms with Crippen molar-refractivity contribution in [2.75, 3.05) is 0 Å². The van der Waals surface area contributed by atoms with Crippen LogP contribution >= 0.6 is 11.6 Å². The molecular formula is C15H7ClF3N3O2. The molecule has 122 valence electrons. The molecule has 0 bridgehead atoms. The molecule has 0 aliphatic carbocycles. The number of imidazole rings is 1. The third-order valence-electron chi connectivity index (χ3n) is 3.64. The molecule has 24 heavy (non-hydrogen) atoms. The first-order valence-electron chi connectivity index (χ1n) is 6.72. The summed E-state index contributed by atoms with van der Waals surface area (Å²) in [5.74, 6) is 0.178. The molecule has 0 aliphatic rings. The topological polar surface area (TPSA) is 63.8 Å². The number of aromatic nitrogens is 3. The molecule has 9 heteroatoms. The van der Waals surface area contributed by atoms with E-state index in [2.05, 4.69) is 10.1 Å². The second kappa shape index (κ2) is 4.88. The Balaban J connectivity index is 1.99. The predicted molar refractivity (Wildman–Crippen MR) is 81.5 cm³/mol. The van der Waals surface area contributed by atoms with Gasteiger partial charge in [0.1, 0.15) is 0 Å². The van der Waals surface area contributed by atoms with E-state index in [9.17, 15) is 18.0 Å². The zero-order valence-electron chi connectivity index (χ0n) is 11.7. The van der Waals surface area contributed by atoms with Crippen molar-refractivity contribution in [2.45, 2.75) is 6.18 Å². The largest absolute Gasteiger partial charge is 0.416 e. The first kappa shape index (κ1) is 14.8. The fourth-order valence-electron chi connectivity index (χ4n) is 2.56. The van der Waals surface area contributed by atoms with Crippen molar-refractivity contribution in [1.29, 1.82) is 0 Å². The first-order valence-corrected chi connectivity index (χ1v) is 7.10. The maximum Gasteiger partial charge on any atom is 0.416 e. The average molecular weight is 354 g/mol. The van der Waals surface area contributed by atoms with Crippen LogP contribution in [0.5, 0.6) is 0 Å². The van der Waals surface area contributed by atoms with E-state index in [0.717, 1.165) is 16.7 Å². The molecule has 1 N–H and O–H groups in total. The number of alkyl halides is 3. The number of hydrogen-bond donors (Lipinski definition) is 1. The summed E-state index contributed by atoms with van der Waals surface area (Å²) in [5, 5.41) is 4.80. The fourth-order valence-corrected chi connectivity index (χ4v) is 2.72. The minimum Gasteiger partial charge on any atom is -0.354 e. The van der Waals surface area contributed by atoms with Crippen LogP contribution in [0.25, 0.3) is 27.8 Å². The number of nitrogens with zero attached hydrogens (tertiary/aromatic N) is 2. The lowest BCUT2D eigenvalue weighted by Crippen LogP contribution is -2.15. The molecule has 0 fully saturated rings. The van der Waals surface area contributed by atoms with E-state index in [4.69, 9.17) is 16.1 Å². The number of nitrogens with one attached hydrogen (secondary N) is 1. The summed E-state index contributed by atoms with van der Waals surface area (Å²) in [5.41, 5.74) is -0.779. The number of benzene rings is 2. The molecule has 2 aromatic heterocycles. The van der Waals surface area contributed by atoms with Gasteiger partial charge >= 0.3 is 11.9 Å². The summed E-state index contributed by atoms with van der Waals surface area (Å²) in [6.45, 7) is 0. The van der Waals surface area contributed by atoms with Crippen molar-refractivity contribution < 1.29 is 17.7 Å². The van der Waals surface area contributed by atoms with Gasteiger partial charge in [0, 0.05) is 11.1 Å². The molecule has 4 aromatic rings. The molecule has 0 amide bonds. The Morgan fingerprint density at radius 1 is 1.17 bits per heavy atom. The average Bonchev–Trinajstić information content (AvgIpc) is 3.04. The number of fused-ring (bicyclic) bond motifs is 2. The van der Waals surface area contributed by atoms with Crippen LogP contribution in [0.2, 0.25) is 5.02 Å². The van der Waals surface area contributed by atoms with Crippen LogP contribution < -0.4 is 5.69 Å². The van der Waals surface area contributed by atoms with Gasteiger partial charge in [0.15, 0.2) is 11.4 Å². The Kier molecular flexibility index (Phi) is 3.01. The quantitative estimate of drug-likeness (QED) is 0.559. The van der Waals surface area contributed by atoms with Crippen LogP contribution in [-0.2, 0) is 6.18 Å². The number of rotatable bonds is 1. The Morgan fingerprint density at radius 2 is 1.96 bits per heavy atom. The van der Waals surface area contributed by atoms with E-state index in [0.29, 0.717) is 16.0 Å². The SMILES string of the molecule is O=c1[nH]c2cc(C(F)(F)F)ccc2n1-c1noc2cc(Cl)ccc12. The van der Waals surface area contributed by atoms with E-state index in [1.54, 1.807) is 12.1 Å². The lowest BCUT2D eigenvalue weighted by atomic mass is 10.2. The Hall–Kier alpha value is -2.74. The monoisotopic (exact) mass is 353 g/mol. The van der Waals surface area contributed by atoms with Gasteiger partial charge in [-0.2, -0.15) is 13.2 Å². The van der Waals surface area contributed by atoms with Crippen molar-refractivity contribution >= 4 is 33.6 Å². The lowest BCUT2D eigenvalue weighted by molar-refractivity contribution is -0.137. The molecule has 2 heterocycles. The van der Waals surface area contributed by atoms with Gasteiger partial charge in [0.25, 0.3) is 0 Å². The highest BCUT2D eigenvalue weighted by Gasteiger charge is 2.31. The van der Waals surface area contributed by atoms with Crippen LogP contribution in [0.1, 0.15) is 5.56 Å². The minimum atomic E-state index is -4.50. The van der Waals surface area contributed by atoms with Gasteiger partial charge in [-0.25, -0.2) is 9.36 Å². The number of H-pyrrole nitrogens is 1. The van der Waals surface area contributed by atoms with Gasteiger partial charge in [0.2, 0.25) is 0 Å². The summed E-state index contributed by atoms with van der Waals surface area (Å²) in [7, 11) is 0. The van der Waals surface area contributed by atoms with E-state index in [-0.39, 0.29) is 16.9 Å². The summed E-state index contributed by atoms with van der Waals surface area (Å²) in [6.07, 6.45) is -4.50. The second-order valence-corrected chi connectivity index (χ2v) is 5.58. The van der Waals surface area contributed by atoms with Gasteiger partial charge in [-0.1, -0.05) is 16.8 Å². The molecule has 0 aliphatic heterocycles. The summed E-state index contributed by atoms with van der Waals surface area (Å²) in [6, 6.07) is 7.77. The summed E-state index contributed by atoms with van der Waals surface area (Å²) in [4.78, 5) is 14.6. The highest BCUT2D eigenvalue weighted by atomic mass is 35.5. The van der Waals surface area contributed by atoms with Crippen molar-refractivity contribution in [3.05, 3.63) is 57.5 Å². The van der Waals surface area contributed by atoms with E-state index >= 15 is 0 Å². The number of halogens is 4. The van der Waals surface area contributed by atoms with Crippen molar-refractivity contribution in [3.63, 3.8) is 0 Å². The Morgan fingerprint density at radius 3 is 2.71 bits per heavy atom. The van der Waals surface area contributed by atoms with Crippen LogP contribution in [0, 0.1) is 0 Å². The standard InChI is InChI=1S/C15H7ClF3N3O2/c16-8-2-3-9-12(6-8)24-21-13(9)22-11-4-1-7(15(17,18)19)5-10(11)20-14(22)23/h1-6H,(H,20,23). The molecule has 0 spiro atoms. The smallest absolute Gasteiger partial charge is 0.354 e. The zero-order chi connectivity index (χ0) is 17.1. The normalized spacial score (nSPS) is 12.3. The summed E-state index contributed by atoms with van der Waals surface area (Å²) < 4.78 is 44.7. The molecular weight excluding hydrogens is 347 g/mol. The zero-order valence-corrected chi connectivity index (χ0v) is 12.4. The maximum atomic E-state index is 12.8. The van der Waals surface area contributed by atoms with Crippen LogP contribution in [0.4, 0.5) is 13.2 Å². The molecule has 0 radical (unpaired) electrons. The minimum absolute atomic E-state index is 0.0555. The van der Waals surface area contributed by atoms with Crippen LogP contribution in [0.15, 0.2) is 45.7 Å². The predicted octanol–water partition coefficient (Wildman–Crippen LogP) is 4.13. The van der Waals surface area contributed by atoms with Gasteiger partial charge in [0.05, 0.1) is 22.0 Å². The number of aromatic amines is 1. The van der Waals surface area contributed by atoms with E-state index < -0.39 is 17.4 Å². The van der Waals surface area contributed by atoms with Gasteiger partial charge < -0.3 is 9.51 Å². The van der Waals surface area contributed by atoms with Gasteiger partial charge in [-0.05, 0) is 30.3 Å². The molecule has 0 unspecified atom stereocenters. The lowest BCUT2D eigenvalue weighted by Gasteiger charge is -2.06. The van der Waals surface area contributed by atoms with Crippen LogP contribution in [0.3, 0.4) is 0 Å². The first-order chi connectivity index (χ1) is 11.3. The fraction of sp³-hybridized carbons (Fsp3) is 0.0667. The highest BCUT2D eigenvalue weighted by molar-refractivity contribution is 6.31. The number of hydrogen-bond acceptors (Lipinski definition) is 3. The highest BCUT2D eigenvalue weighted by Crippen LogP contribution is 2.32. The molecule has 0 saturated carbocycles. The van der Waals surface area contributed by atoms with Gasteiger partial charge in [-0.3, -0.25) is 0 Å². The second-order valence-electron chi connectivity index (χ2n) is 5.14. The van der Waals surface area contributed by atoms with Crippen LogP contribution in [-0.4, -0.2) is 14.7 Å². The van der Waals surface area contributed by atoms with E-state index in [1.165, 1.54) is 12.1 Å². The maximum absolute atomic E-state index is 12.8. The summed E-state index contributed by atoms with van der Waals surface area (Å²) >= 11 is 5.87. The molecule has 5 nitrogen and oxygen atoms in total. The van der Waals surface area contributed by atoms with Crippen molar-refractivity contribution in [3.8, 4) is 5.82 Å². The van der Waals surface area contributed by atoms with Crippen molar-refractivity contribution in [2.24, 2.45) is 0 Å². The molecule has 0 atom stereocenters. The molecule has 0 saturated heterocycles. The Bertz CT molecular complexity index is 1140. The Labute approximate surface area is 136 Å². The third kappa shape index (κ3) is 2.18. The van der Waals surface area contributed by atoms with E-state index in [1.807, 2.05) is 0 Å². The molecule has 4 rings (SSSR count). The molecule has 2 aromatic carbocycles. The van der Waals surface area contributed by atoms with Crippen molar-refractivity contribution in [1.82, 2.24) is 14.7 Å².